The van der Waals surface area contributed by atoms with Crippen LogP contribution in [-0.4, -0.2) is 11.6 Å². The zero-order valence-electron chi connectivity index (χ0n) is 11.0. The number of aryl methyl sites for hydroxylation is 1. The molecule has 0 aliphatic heterocycles. The number of halogens is 1. The second kappa shape index (κ2) is 5.74. The standard InChI is InChI=1S/C15H18ClNO2/c1-9-4-11(15(17)8-14(9)16)7-12(18)3-2-10-5-13(19)6-10/h4,8,10H,2-3,5-7,17H2,1H3. The highest BCUT2D eigenvalue weighted by atomic mass is 35.5. The average Bonchev–Trinajstić information content (AvgIpc) is 2.30. The van der Waals surface area contributed by atoms with Crippen LogP contribution in [0.3, 0.4) is 0 Å². The molecule has 1 aromatic rings. The molecule has 0 amide bonds. The molecule has 0 radical (unpaired) electrons. The molecule has 0 saturated heterocycles. The molecular weight excluding hydrogens is 262 g/mol. The first-order valence-electron chi connectivity index (χ1n) is 6.53. The van der Waals surface area contributed by atoms with Gasteiger partial charge in [-0.3, -0.25) is 9.59 Å². The number of hydrogen-bond acceptors (Lipinski definition) is 3. The summed E-state index contributed by atoms with van der Waals surface area (Å²) in [6, 6.07) is 3.58. The van der Waals surface area contributed by atoms with Gasteiger partial charge in [0.1, 0.15) is 11.6 Å². The Hall–Kier alpha value is -1.35. The summed E-state index contributed by atoms with van der Waals surface area (Å²) in [5, 5.41) is 0.627. The van der Waals surface area contributed by atoms with E-state index in [0.29, 0.717) is 48.1 Å². The number of rotatable bonds is 5. The number of Topliss-reactive ketones (excluding diaryl/α,β-unsaturated/α-hetero) is 2. The van der Waals surface area contributed by atoms with Crippen LogP contribution in [0.1, 0.15) is 36.8 Å². The summed E-state index contributed by atoms with van der Waals surface area (Å²) >= 11 is 5.97. The van der Waals surface area contributed by atoms with E-state index < -0.39 is 0 Å². The lowest BCUT2D eigenvalue weighted by atomic mass is 9.80. The van der Waals surface area contributed by atoms with Gasteiger partial charge in [0, 0.05) is 36.4 Å². The lowest BCUT2D eigenvalue weighted by Gasteiger charge is -2.23. The number of ketones is 2. The first kappa shape index (κ1) is 14.1. The van der Waals surface area contributed by atoms with E-state index in [2.05, 4.69) is 0 Å². The monoisotopic (exact) mass is 279 g/mol. The largest absolute Gasteiger partial charge is 0.398 e. The van der Waals surface area contributed by atoms with Gasteiger partial charge in [-0.25, -0.2) is 0 Å². The van der Waals surface area contributed by atoms with Gasteiger partial charge in [0.05, 0.1) is 0 Å². The summed E-state index contributed by atoms with van der Waals surface area (Å²) in [7, 11) is 0. The first-order chi connectivity index (χ1) is 8.95. The maximum absolute atomic E-state index is 11.9. The summed E-state index contributed by atoms with van der Waals surface area (Å²) in [5.74, 6) is 0.906. The van der Waals surface area contributed by atoms with Crippen LogP contribution in [0.2, 0.25) is 5.02 Å². The molecule has 0 unspecified atom stereocenters. The van der Waals surface area contributed by atoms with Gasteiger partial charge >= 0.3 is 0 Å². The highest BCUT2D eigenvalue weighted by Crippen LogP contribution is 2.28. The lowest BCUT2D eigenvalue weighted by molar-refractivity contribution is -0.128. The van der Waals surface area contributed by atoms with E-state index in [-0.39, 0.29) is 5.78 Å². The number of carbonyl (C=O) groups is 2. The van der Waals surface area contributed by atoms with Gasteiger partial charge in [-0.1, -0.05) is 17.7 Å². The van der Waals surface area contributed by atoms with Gasteiger partial charge in [-0.2, -0.15) is 0 Å². The fourth-order valence-corrected chi connectivity index (χ4v) is 2.54. The molecule has 1 aliphatic carbocycles. The van der Waals surface area contributed by atoms with Crippen LogP contribution >= 0.6 is 11.6 Å². The third-order valence-corrected chi connectivity index (χ3v) is 4.08. The lowest BCUT2D eigenvalue weighted by Crippen LogP contribution is -2.23. The second-order valence-electron chi connectivity index (χ2n) is 5.37. The Morgan fingerprint density at radius 1 is 1.42 bits per heavy atom. The van der Waals surface area contributed by atoms with Crippen molar-refractivity contribution in [3.63, 3.8) is 0 Å². The minimum Gasteiger partial charge on any atom is -0.398 e. The van der Waals surface area contributed by atoms with Crippen molar-refractivity contribution in [2.24, 2.45) is 5.92 Å². The summed E-state index contributed by atoms with van der Waals surface area (Å²) < 4.78 is 0. The van der Waals surface area contributed by atoms with Crippen molar-refractivity contribution in [3.05, 3.63) is 28.3 Å². The van der Waals surface area contributed by atoms with Crippen molar-refractivity contribution in [1.82, 2.24) is 0 Å². The Morgan fingerprint density at radius 3 is 2.74 bits per heavy atom. The van der Waals surface area contributed by atoms with Crippen molar-refractivity contribution < 1.29 is 9.59 Å². The third-order valence-electron chi connectivity index (χ3n) is 3.67. The fourth-order valence-electron chi connectivity index (χ4n) is 2.36. The van der Waals surface area contributed by atoms with E-state index in [1.54, 1.807) is 6.07 Å². The van der Waals surface area contributed by atoms with Crippen LogP contribution in [0.5, 0.6) is 0 Å². The van der Waals surface area contributed by atoms with Crippen molar-refractivity contribution in [2.75, 3.05) is 5.73 Å². The minimum absolute atomic E-state index is 0.174. The topological polar surface area (TPSA) is 60.2 Å². The highest BCUT2D eigenvalue weighted by molar-refractivity contribution is 6.31. The smallest absolute Gasteiger partial charge is 0.137 e. The maximum atomic E-state index is 11.9. The first-order valence-corrected chi connectivity index (χ1v) is 6.91. The number of nitrogens with two attached hydrogens (primary N) is 1. The van der Waals surface area contributed by atoms with Gasteiger partial charge in [0.25, 0.3) is 0 Å². The molecule has 3 nitrogen and oxygen atoms in total. The summed E-state index contributed by atoms with van der Waals surface area (Å²) in [4.78, 5) is 22.8. The van der Waals surface area contributed by atoms with Crippen LogP contribution in [-0.2, 0) is 16.0 Å². The summed E-state index contributed by atoms with van der Waals surface area (Å²) in [6.45, 7) is 1.90. The van der Waals surface area contributed by atoms with E-state index in [1.807, 2.05) is 13.0 Å². The van der Waals surface area contributed by atoms with E-state index in [4.69, 9.17) is 17.3 Å². The SMILES string of the molecule is Cc1cc(CC(=O)CCC2CC(=O)C2)c(N)cc1Cl. The van der Waals surface area contributed by atoms with Crippen molar-refractivity contribution in [1.29, 1.82) is 0 Å². The van der Waals surface area contributed by atoms with Crippen LogP contribution in [0.25, 0.3) is 0 Å². The molecule has 1 fully saturated rings. The molecule has 102 valence electrons. The zero-order valence-corrected chi connectivity index (χ0v) is 11.8. The molecule has 0 aromatic heterocycles. The van der Waals surface area contributed by atoms with Gasteiger partial charge in [0.15, 0.2) is 0 Å². The average molecular weight is 280 g/mol. The normalized spacial score (nSPS) is 15.4. The van der Waals surface area contributed by atoms with E-state index in [0.717, 1.165) is 17.5 Å². The molecule has 0 atom stereocenters. The molecule has 19 heavy (non-hydrogen) atoms. The third kappa shape index (κ3) is 3.57. The summed E-state index contributed by atoms with van der Waals surface area (Å²) in [5.41, 5.74) is 8.22. The van der Waals surface area contributed by atoms with Crippen LogP contribution in [0, 0.1) is 12.8 Å². The second-order valence-corrected chi connectivity index (χ2v) is 5.77. The van der Waals surface area contributed by atoms with Crippen LogP contribution in [0.4, 0.5) is 5.69 Å². The molecular formula is C15H18ClNO2. The molecule has 2 rings (SSSR count). The molecule has 0 bridgehead atoms. The molecule has 2 N–H and O–H groups in total. The maximum Gasteiger partial charge on any atom is 0.137 e. The quantitative estimate of drug-likeness (QED) is 0.843. The van der Waals surface area contributed by atoms with Crippen molar-refractivity contribution >= 4 is 28.9 Å². The van der Waals surface area contributed by atoms with Crippen molar-refractivity contribution in [3.8, 4) is 0 Å². The molecule has 1 saturated carbocycles. The number of carbonyl (C=O) groups excluding carboxylic acids is 2. The minimum atomic E-state index is 0.174. The van der Waals surface area contributed by atoms with E-state index in [9.17, 15) is 9.59 Å². The van der Waals surface area contributed by atoms with Gasteiger partial charge in [0.2, 0.25) is 0 Å². The van der Waals surface area contributed by atoms with Crippen molar-refractivity contribution in [2.45, 2.75) is 39.0 Å². The fraction of sp³-hybridized carbons (Fsp3) is 0.467. The number of nitrogen functional groups attached to an aromatic ring is 1. The molecule has 4 heteroatoms. The Kier molecular flexibility index (Phi) is 4.25. The molecule has 0 heterocycles. The highest BCUT2D eigenvalue weighted by Gasteiger charge is 2.26. The zero-order chi connectivity index (χ0) is 14.0. The number of benzene rings is 1. The Balaban J connectivity index is 1.88. The van der Waals surface area contributed by atoms with E-state index >= 15 is 0 Å². The Bertz CT molecular complexity index is 517. The number of anilines is 1. The molecule has 1 aliphatic rings. The van der Waals surface area contributed by atoms with Gasteiger partial charge < -0.3 is 5.73 Å². The predicted octanol–water partition coefficient (Wildman–Crippen LogP) is 3.10. The number of hydrogen-bond donors (Lipinski definition) is 1. The van der Waals surface area contributed by atoms with Crippen LogP contribution in [0.15, 0.2) is 12.1 Å². The summed E-state index contributed by atoms with van der Waals surface area (Å²) in [6.07, 6.45) is 2.99. The van der Waals surface area contributed by atoms with Gasteiger partial charge in [-0.05, 0) is 36.5 Å². The predicted molar refractivity (Wildman–Crippen MR) is 76.3 cm³/mol. The molecule has 1 aromatic carbocycles. The molecule has 0 spiro atoms. The van der Waals surface area contributed by atoms with Gasteiger partial charge in [-0.15, -0.1) is 0 Å². The Morgan fingerprint density at radius 2 is 2.11 bits per heavy atom. The Labute approximate surface area is 118 Å². The van der Waals surface area contributed by atoms with E-state index in [1.165, 1.54) is 0 Å². The van der Waals surface area contributed by atoms with Crippen LogP contribution < -0.4 is 5.73 Å².